The van der Waals surface area contributed by atoms with Gasteiger partial charge in [0.25, 0.3) is 5.69 Å². The quantitative estimate of drug-likeness (QED) is 0.127. The van der Waals surface area contributed by atoms with Crippen molar-refractivity contribution in [1.29, 1.82) is 5.26 Å². The molecule has 0 radical (unpaired) electrons. The van der Waals surface area contributed by atoms with Gasteiger partial charge in [-0.25, -0.2) is 4.79 Å². The highest BCUT2D eigenvalue weighted by atomic mass is 32.2. The minimum absolute atomic E-state index is 0.0865. The Labute approximate surface area is 213 Å². The van der Waals surface area contributed by atoms with Crippen LogP contribution in [0.4, 0.5) is 5.69 Å². The number of methoxy groups -OCH3 is 1. The number of nitrogens with zero attached hydrogens (tertiary/aromatic N) is 4. The topological polar surface area (TPSA) is 152 Å². The molecule has 2 atom stereocenters. The summed E-state index contributed by atoms with van der Waals surface area (Å²) in [5.41, 5.74) is 1.15. The highest BCUT2D eigenvalue weighted by molar-refractivity contribution is 7.99. The van der Waals surface area contributed by atoms with Gasteiger partial charge in [0.15, 0.2) is 0 Å². The molecule has 192 valence electrons. The fraction of sp³-hybridized carbons (Fsp3) is 0.458. The van der Waals surface area contributed by atoms with E-state index in [0.717, 1.165) is 0 Å². The van der Waals surface area contributed by atoms with Gasteiger partial charge in [0.1, 0.15) is 5.92 Å². The van der Waals surface area contributed by atoms with Gasteiger partial charge in [0, 0.05) is 48.4 Å². The molecule has 0 aromatic heterocycles. The first-order chi connectivity index (χ1) is 17.3. The molecule has 11 nitrogen and oxygen atoms in total. The zero-order valence-corrected chi connectivity index (χ0v) is 21.2. The number of aliphatic imine (C=N–C) groups is 1. The summed E-state index contributed by atoms with van der Waals surface area (Å²) in [7, 11) is 1.23. The van der Waals surface area contributed by atoms with E-state index in [9.17, 15) is 24.5 Å². The molecule has 2 unspecified atom stereocenters. The first-order valence-corrected chi connectivity index (χ1v) is 12.4. The number of carbonyl (C=O) groups is 3. The summed E-state index contributed by atoms with van der Waals surface area (Å²) in [5, 5.41) is 20.1. The molecule has 12 heteroatoms. The van der Waals surface area contributed by atoms with Crippen molar-refractivity contribution in [3.8, 4) is 6.07 Å². The molecule has 1 amide bonds. The zero-order chi connectivity index (χ0) is 26.7. The van der Waals surface area contributed by atoms with Crippen molar-refractivity contribution in [3.05, 3.63) is 51.2 Å². The third-order valence-electron chi connectivity index (χ3n) is 5.53. The van der Waals surface area contributed by atoms with E-state index in [1.807, 2.05) is 6.07 Å². The molecule has 0 saturated carbocycles. The number of amides is 1. The van der Waals surface area contributed by atoms with Crippen LogP contribution in [0.5, 0.6) is 0 Å². The van der Waals surface area contributed by atoms with E-state index in [2.05, 4.69) is 4.99 Å². The maximum atomic E-state index is 13.1. The SMILES string of the molecule is CCOC(=O)C1=C(CSCCN(C=O)CCC#N)N=C(C)C(C(=O)OC)C1c1cccc([N+](=O)[O-])c1. The molecule has 1 heterocycles. The second kappa shape index (κ2) is 14.0. The smallest absolute Gasteiger partial charge is 0.336 e. The molecule has 2 rings (SSSR count). The average molecular weight is 517 g/mol. The second-order valence-corrected chi connectivity index (χ2v) is 8.87. The van der Waals surface area contributed by atoms with Crippen LogP contribution in [0.2, 0.25) is 0 Å². The highest BCUT2D eigenvalue weighted by Crippen LogP contribution is 2.41. The lowest BCUT2D eigenvalue weighted by atomic mass is 9.75. The Bertz CT molecular complexity index is 1100. The maximum absolute atomic E-state index is 13.1. The normalized spacial score (nSPS) is 17.0. The van der Waals surface area contributed by atoms with Gasteiger partial charge in [-0.3, -0.25) is 24.7 Å². The van der Waals surface area contributed by atoms with Gasteiger partial charge in [-0.15, -0.1) is 0 Å². The summed E-state index contributed by atoms with van der Waals surface area (Å²) in [4.78, 5) is 54.0. The predicted molar refractivity (Wildman–Crippen MR) is 133 cm³/mol. The van der Waals surface area contributed by atoms with Crippen molar-refractivity contribution < 1.29 is 28.8 Å². The zero-order valence-electron chi connectivity index (χ0n) is 20.3. The Balaban J connectivity index is 2.49. The molecule has 1 aliphatic rings. The number of nitro groups is 1. The molecule has 0 N–H and O–H groups in total. The lowest BCUT2D eigenvalue weighted by molar-refractivity contribution is -0.384. The molecule has 1 aromatic rings. The van der Waals surface area contributed by atoms with E-state index < -0.39 is 28.7 Å². The van der Waals surface area contributed by atoms with Gasteiger partial charge < -0.3 is 14.4 Å². The molecule has 1 aliphatic heterocycles. The molecule has 1 aromatic carbocycles. The third-order valence-corrected chi connectivity index (χ3v) is 6.48. The molecule has 0 saturated heterocycles. The van der Waals surface area contributed by atoms with E-state index in [4.69, 9.17) is 14.7 Å². The number of nitro benzene ring substituents is 1. The molecule has 0 spiro atoms. The minimum atomic E-state index is -0.971. The molecule has 0 aliphatic carbocycles. The Morgan fingerprint density at radius 3 is 2.72 bits per heavy atom. The fourth-order valence-electron chi connectivity index (χ4n) is 3.88. The van der Waals surface area contributed by atoms with Gasteiger partial charge in [-0.1, -0.05) is 12.1 Å². The van der Waals surface area contributed by atoms with E-state index in [1.54, 1.807) is 19.9 Å². The molecular formula is C24H28N4O7S. The first kappa shape index (κ1) is 28.5. The number of ether oxygens (including phenoxy) is 2. The molecular weight excluding hydrogens is 488 g/mol. The molecule has 0 bridgehead atoms. The monoisotopic (exact) mass is 516 g/mol. The van der Waals surface area contributed by atoms with Crippen LogP contribution in [0, 0.1) is 27.4 Å². The van der Waals surface area contributed by atoms with Crippen molar-refractivity contribution in [2.24, 2.45) is 10.9 Å². The van der Waals surface area contributed by atoms with Crippen molar-refractivity contribution in [3.63, 3.8) is 0 Å². The van der Waals surface area contributed by atoms with Gasteiger partial charge in [0.2, 0.25) is 6.41 Å². The predicted octanol–water partition coefficient (Wildman–Crippen LogP) is 2.86. The summed E-state index contributed by atoms with van der Waals surface area (Å²) in [6.45, 7) is 4.11. The minimum Gasteiger partial charge on any atom is -0.468 e. The van der Waals surface area contributed by atoms with Crippen molar-refractivity contribution in [2.75, 3.05) is 38.3 Å². The first-order valence-electron chi connectivity index (χ1n) is 11.2. The van der Waals surface area contributed by atoms with Crippen LogP contribution in [-0.2, 0) is 23.9 Å². The summed E-state index contributed by atoms with van der Waals surface area (Å²) in [6.07, 6.45) is 0.911. The number of carbonyl (C=O) groups excluding carboxylic acids is 3. The van der Waals surface area contributed by atoms with Crippen molar-refractivity contribution in [2.45, 2.75) is 26.2 Å². The van der Waals surface area contributed by atoms with Crippen LogP contribution >= 0.6 is 11.8 Å². The summed E-state index contributed by atoms with van der Waals surface area (Å²) >= 11 is 1.42. The Hall–Kier alpha value is -3.72. The summed E-state index contributed by atoms with van der Waals surface area (Å²) in [5.74, 6) is -2.37. The molecule has 0 fully saturated rings. The molecule has 36 heavy (non-hydrogen) atoms. The van der Waals surface area contributed by atoms with Crippen LogP contribution in [-0.4, -0.2) is 72.2 Å². The Morgan fingerprint density at radius 2 is 2.11 bits per heavy atom. The lowest BCUT2D eigenvalue weighted by Gasteiger charge is -2.32. The van der Waals surface area contributed by atoms with Crippen molar-refractivity contribution in [1.82, 2.24) is 4.90 Å². The number of benzene rings is 1. The third kappa shape index (κ3) is 7.14. The Kier molecular flexibility index (Phi) is 11.1. The van der Waals surface area contributed by atoms with Crippen molar-refractivity contribution >= 4 is 41.5 Å². The maximum Gasteiger partial charge on any atom is 0.336 e. The number of hydrogen-bond acceptors (Lipinski definition) is 10. The lowest BCUT2D eigenvalue weighted by Crippen LogP contribution is -2.36. The summed E-state index contributed by atoms with van der Waals surface area (Å²) in [6, 6.07) is 7.77. The van der Waals surface area contributed by atoms with Crippen LogP contribution in [0.15, 0.2) is 40.5 Å². The number of nitriles is 1. The highest BCUT2D eigenvalue weighted by Gasteiger charge is 2.43. The van der Waals surface area contributed by atoms with E-state index >= 15 is 0 Å². The second-order valence-electron chi connectivity index (χ2n) is 7.77. The van der Waals surface area contributed by atoms with Gasteiger partial charge >= 0.3 is 11.9 Å². The number of non-ortho nitro benzene ring substituents is 1. The number of esters is 2. The average Bonchev–Trinajstić information content (AvgIpc) is 2.87. The van der Waals surface area contributed by atoms with E-state index in [0.29, 0.717) is 42.2 Å². The van der Waals surface area contributed by atoms with Gasteiger partial charge in [0.05, 0.1) is 42.4 Å². The standard InChI is InChI=1S/C24H28N4O7S/c1-4-35-24(31)22-19(14-36-12-11-27(15-29)10-6-9-25)26-16(2)20(23(30)34-3)21(22)17-7-5-8-18(13-17)28(32)33/h5,7-8,13,15,20-21H,4,6,10-12,14H2,1-3H3. The number of hydrogen-bond donors (Lipinski definition) is 0. The van der Waals surface area contributed by atoms with Crippen LogP contribution in [0.3, 0.4) is 0 Å². The largest absolute Gasteiger partial charge is 0.468 e. The van der Waals surface area contributed by atoms with E-state index in [1.165, 1.54) is 42.0 Å². The Morgan fingerprint density at radius 1 is 1.36 bits per heavy atom. The van der Waals surface area contributed by atoms with Crippen LogP contribution in [0.25, 0.3) is 0 Å². The number of thioether (sulfide) groups is 1. The van der Waals surface area contributed by atoms with Gasteiger partial charge in [-0.2, -0.15) is 17.0 Å². The van der Waals surface area contributed by atoms with Crippen LogP contribution < -0.4 is 0 Å². The fourth-order valence-corrected chi connectivity index (χ4v) is 4.80. The van der Waals surface area contributed by atoms with Crippen LogP contribution in [0.1, 0.15) is 31.7 Å². The van der Waals surface area contributed by atoms with Gasteiger partial charge in [-0.05, 0) is 19.4 Å². The summed E-state index contributed by atoms with van der Waals surface area (Å²) < 4.78 is 10.3. The number of rotatable bonds is 13. The van der Waals surface area contributed by atoms with E-state index in [-0.39, 0.29) is 30.0 Å².